The molecule has 0 fully saturated rings. The van der Waals surface area contributed by atoms with Crippen LogP contribution < -0.4 is 38.9 Å². The van der Waals surface area contributed by atoms with Crippen LogP contribution in [0.25, 0.3) is 0 Å². The number of carbonyl (C=O) groups is 4. The number of H-pyrrole nitrogens is 1. The minimum absolute atomic E-state index is 0.0485. The smallest absolute Gasteiger partial charge is 0.326 e. The lowest BCUT2D eigenvalue weighted by molar-refractivity contribution is -0.142. The number of nitrogens with zero attached hydrogens (tertiary/aromatic N) is 2. The standard InChI is InChI=1S/C21H38N10O6/c22-6-2-1-4-14(19(35)31-16(20(36)37)8-12-9-26-11-28-12)30-18(34)15(5-3-7-27-21(24)25)29-17(33)13(23)10-32/h9,11,13-16,32H,1-8,10,22-23H2,(H,26,28)(H,29,33)(H,30,34)(H,31,35)(H,36,37)(H4,24,25,27). The molecule has 0 bridgehead atoms. The van der Waals surface area contributed by atoms with Crippen molar-refractivity contribution >= 4 is 29.7 Å². The van der Waals surface area contributed by atoms with Crippen LogP contribution in [-0.2, 0) is 25.6 Å². The molecule has 0 radical (unpaired) electrons. The van der Waals surface area contributed by atoms with Crippen LogP contribution in [0.3, 0.4) is 0 Å². The number of hydrogen-bond acceptors (Lipinski definition) is 9. The van der Waals surface area contributed by atoms with Crippen molar-refractivity contribution in [1.82, 2.24) is 25.9 Å². The Hall–Kier alpha value is -3.76. The van der Waals surface area contributed by atoms with Gasteiger partial charge in [0.2, 0.25) is 17.7 Å². The molecule has 1 rings (SSSR count). The normalized spacial score (nSPS) is 14.0. The van der Waals surface area contributed by atoms with Crippen LogP contribution in [0.2, 0.25) is 0 Å². The molecule has 3 amide bonds. The number of guanidine groups is 1. The fourth-order valence-corrected chi connectivity index (χ4v) is 3.26. The first kappa shape index (κ1) is 31.3. The molecule has 14 N–H and O–H groups in total. The number of aromatic amines is 1. The second-order valence-corrected chi connectivity index (χ2v) is 8.33. The number of amides is 3. The highest BCUT2D eigenvalue weighted by atomic mass is 16.4. The predicted molar refractivity (Wildman–Crippen MR) is 134 cm³/mol. The topological polar surface area (TPSA) is 290 Å². The van der Waals surface area contributed by atoms with Gasteiger partial charge >= 0.3 is 5.97 Å². The zero-order valence-corrected chi connectivity index (χ0v) is 20.6. The number of carboxylic acids is 1. The molecule has 4 atom stereocenters. The van der Waals surface area contributed by atoms with Crippen LogP contribution in [0.1, 0.15) is 37.8 Å². The first-order valence-corrected chi connectivity index (χ1v) is 11.8. The van der Waals surface area contributed by atoms with Crippen molar-refractivity contribution in [2.24, 2.45) is 27.9 Å². The molecule has 0 spiro atoms. The molecule has 0 aliphatic carbocycles. The van der Waals surface area contributed by atoms with Gasteiger partial charge in [-0.3, -0.25) is 19.4 Å². The van der Waals surface area contributed by atoms with Crippen LogP contribution >= 0.6 is 0 Å². The Bertz CT molecular complexity index is 890. The van der Waals surface area contributed by atoms with Crippen molar-refractivity contribution in [2.75, 3.05) is 19.7 Å². The highest BCUT2D eigenvalue weighted by Gasteiger charge is 2.30. The van der Waals surface area contributed by atoms with Gasteiger partial charge in [0, 0.05) is 24.9 Å². The Morgan fingerprint density at radius 3 is 2.08 bits per heavy atom. The van der Waals surface area contributed by atoms with Crippen LogP contribution in [-0.4, -0.2) is 93.7 Å². The van der Waals surface area contributed by atoms with E-state index in [0.29, 0.717) is 31.5 Å². The zero-order valence-electron chi connectivity index (χ0n) is 20.6. The minimum Gasteiger partial charge on any atom is -0.480 e. The maximum absolute atomic E-state index is 13.1. The second-order valence-electron chi connectivity index (χ2n) is 8.33. The van der Waals surface area contributed by atoms with Crippen LogP contribution in [0.4, 0.5) is 0 Å². The number of aliphatic carboxylic acids is 1. The van der Waals surface area contributed by atoms with Crippen molar-refractivity contribution < 1.29 is 29.4 Å². The molecular weight excluding hydrogens is 488 g/mol. The van der Waals surface area contributed by atoms with E-state index in [1.807, 2.05) is 0 Å². The lowest BCUT2D eigenvalue weighted by Gasteiger charge is -2.25. The molecule has 4 unspecified atom stereocenters. The molecule has 1 heterocycles. The first-order chi connectivity index (χ1) is 17.6. The summed E-state index contributed by atoms with van der Waals surface area (Å²) in [6, 6.07) is -4.76. The summed E-state index contributed by atoms with van der Waals surface area (Å²) in [5.41, 5.74) is 22.2. The fraction of sp³-hybridized carbons (Fsp3) is 0.619. The van der Waals surface area contributed by atoms with Crippen molar-refractivity contribution in [1.29, 1.82) is 0 Å². The highest BCUT2D eigenvalue weighted by molar-refractivity contribution is 5.94. The Morgan fingerprint density at radius 1 is 0.973 bits per heavy atom. The molecule has 0 aliphatic heterocycles. The maximum atomic E-state index is 13.1. The highest BCUT2D eigenvalue weighted by Crippen LogP contribution is 2.07. The van der Waals surface area contributed by atoms with E-state index in [2.05, 4.69) is 30.9 Å². The number of carbonyl (C=O) groups excluding carboxylic acids is 3. The maximum Gasteiger partial charge on any atom is 0.326 e. The summed E-state index contributed by atoms with van der Waals surface area (Å²) in [7, 11) is 0. The number of rotatable bonds is 18. The minimum atomic E-state index is -1.28. The van der Waals surface area contributed by atoms with Gasteiger partial charge in [-0.25, -0.2) is 9.78 Å². The average Bonchev–Trinajstić information content (AvgIpc) is 3.37. The number of aliphatic hydroxyl groups excluding tert-OH is 1. The van der Waals surface area contributed by atoms with E-state index in [1.54, 1.807) is 0 Å². The number of aliphatic imine (C=N–C) groups is 1. The van der Waals surface area contributed by atoms with Gasteiger partial charge in [-0.05, 0) is 38.6 Å². The lowest BCUT2D eigenvalue weighted by Crippen LogP contribution is -2.57. The molecule has 16 nitrogen and oxygen atoms in total. The Labute approximate surface area is 214 Å². The summed E-state index contributed by atoms with van der Waals surface area (Å²) >= 11 is 0. The largest absolute Gasteiger partial charge is 0.480 e. The summed E-state index contributed by atoms with van der Waals surface area (Å²) < 4.78 is 0. The monoisotopic (exact) mass is 526 g/mol. The van der Waals surface area contributed by atoms with Crippen LogP contribution in [0.5, 0.6) is 0 Å². The van der Waals surface area contributed by atoms with E-state index in [-0.39, 0.29) is 31.8 Å². The molecule has 0 aromatic carbocycles. The van der Waals surface area contributed by atoms with Gasteiger partial charge < -0.3 is 54.1 Å². The second kappa shape index (κ2) is 16.8. The molecular formula is C21H38N10O6. The Kier molecular flexibility index (Phi) is 14.2. The Morgan fingerprint density at radius 2 is 1.57 bits per heavy atom. The summed E-state index contributed by atoms with van der Waals surface area (Å²) in [6.45, 7) is -0.0874. The lowest BCUT2D eigenvalue weighted by atomic mass is 10.0. The third kappa shape index (κ3) is 12.2. The van der Waals surface area contributed by atoms with Crippen molar-refractivity contribution in [2.45, 2.75) is 62.7 Å². The van der Waals surface area contributed by atoms with Gasteiger partial charge in [-0.1, -0.05) is 0 Å². The number of aliphatic hydroxyl groups is 1. The van der Waals surface area contributed by atoms with Gasteiger partial charge in [0.25, 0.3) is 0 Å². The zero-order chi connectivity index (χ0) is 27.8. The van der Waals surface area contributed by atoms with E-state index in [0.717, 1.165) is 0 Å². The van der Waals surface area contributed by atoms with Crippen molar-refractivity contribution in [3.05, 3.63) is 18.2 Å². The van der Waals surface area contributed by atoms with Gasteiger partial charge in [0.1, 0.15) is 24.2 Å². The molecule has 0 saturated heterocycles. The summed E-state index contributed by atoms with van der Waals surface area (Å²) in [5.74, 6) is -3.57. The molecule has 1 aromatic rings. The molecule has 208 valence electrons. The summed E-state index contributed by atoms with van der Waals surface area (Å²) in [4.78, 5) is 60.5. The van der Waals surface area contributed by atoms with Crippen LogP contribution in [0, 0.1) is 0 Å². The van der Waals surface area contributed by atoms with E-state index >= 15 is 0 Å². The number of hydrogen-bond donors (Lipinski definition) is 10. The predicted octanol–water partition coefficient (Wildman–Crippen LogP) is -4.01. The summed E-state index contributed by atoms with van der Waals surface area (Å²) in [6.07, 6.45) is 4.40. The van der Waals surface area contributed by atoms with Gasteiger partial charge in [-0.2, -0.15) is 0 Å². The molecule has 1 aromatic heterocycles. The van der Waals surface area contributed by atoms with E-state index in [9.17, 15) is 24.3 Å². The van der Waals surface area contributed by atoms with Crippen molar-refractivity contribution in [3.63, 3.8) is 0 Å². The van der Waals surface area contributed by atoms with Gasteiger partial charge in [-0.15, -0.1) is 0 Å². The quantitative estimate of drug-likeness (QED) is 0.0499. The van der Waals surface area contributed by atoms with E-state index in [1.165, 1.54) is 12.5 Å². The number of unbranched alkanes of at least 4 members (excludes halogenated alkanes) is 1. The number of aromatic nitrogens is 2. The molecule has 37 heavy (non-hydrogen) atoms. The molecule has 0 aliphatic rings. The molecule has 16 heteroatoms. The first-order valence-electron chi connectivity index (χ1n) is 11.8. The number of imidazole rings is 1. The molecule has 0 saturated carbocycles. The fourth-order valence-electron chi connectivity index (χ4n) is 3.26. The van der Waals surface area contributed by atoms with Gasteiger partial charge in [0.05, 0.1) is 12.9 Å². The third-order valence-corrected chi connectivity index (χ3v) is 5.29. The number of nitrogens with two attached hydrogens (primary N) is 4. The number of carboxylic acid groups (broad SMARTS) is 1. The number of nitrogens with one attached hydrogen (secondary N) is 4. The van der Waals surface area contributed by atoms with Crippen LogP contribution in [0.15, 0.2) is 17.5 Å². The van der Waals surface area contributed by atoms with E-state index < -0.39 is 54.5 Å². The average molecular weight is 527 g/mol. The SMILES string of the molecule is NCCCCC(NC(=O)C(CCCN=C(N)N)NC(=O)C(N)CO)C(=O)NC(Cc1cnc[nH]1)C(=O)O. The summed E-state index contributed by atoms with van der Waals surface area (Å²) in [5, 5.41) is 26.2. The Balaban J connectivity index is 2.99. The van der Waals surface area contributed by atoms with Gasteiger partial charge in [0.15, 0.2) is 5.96 Å². The van der Waals surface area contributed by atoms with Crippen molar-refractivity contribution in [3.8, 4) is 0 Å². The third-order valence-electron chi connectivity index (χ3n) is 5.29. The van der Waals surface area contributed by atoms with E-state index in [4.69, 9.17) is 28.0 Å².